The average molecular weight is 253 g/mol. The summed E-state index contributed by atoms with van der Waals surface area (Å²) in [5, 5.41) is 3.33. The summed E-state index contributed by atoms with van der Waals surface area (Å²) in [6.07, 6.45) is 4.18. The summed E-state index contributed by atoms with van der Waals surface area (Å²) in [5.41, 5.74) is 2.42. The molecule has 3 nitrogen and oxygen atoms in total. The standard InChI is InChI=1S/C13H23N3S/c1-4-7-17-10-13-15-9-11(8-14-6-3)12(5-2)16-13/h9,14H,4-8,10H2,1-3H3. The predicted molar refractivity (Wildman–Crippen MR) is 75.2 cm³/mol. The maximum Gasteiger partial charge on any atom is 0.138 e. The molecule has 0 fully saturated rings. The molecular formula is C13H23N3S. The van der Waals surface area contributed by atoms with Crippen LogP contribution in [0.1, 0.15) is 44.3 Å². The molecule has 1 N–H and O–H groups in total. The first-order chi connectivity index (χ1) is 8.31. The third-order valence-corrected chi connectivity index (χ3v) is 3.64. The van der Waals surface area contributed by atoms with E-state index in [2.05, 4.69) is 36.1 Å². The van der Waals surface area contributed by atoms with Gasteiger partial charge in [-0.3, -0.25) is 0 Å². The van der Waals surface area contributed by atoms with E-state index in [-0.39, 0.29) is 0 Å². The average Bonchev–Trinajstić information content (AvgIpc) is 2.37. The summed E-state index contributed by atoms with van der Waals surface area (Å²) in [4.78, 5) is 9.08. The lowest BCUT2D eigenvalue weighted by Gasteiger charge is -2.09. The first-order valence-corrected chi connectivity index (χ1v) is 7.59. The summed E-state index contributed by atoms with van der Waals surface area (Å²) in [6.45, 7) is 8.33. The first kappa shape index (κ1) is 14.5. The third kappa shape index (κ3) is 5.04. The molecule has 1 heterocycles. The monoisotopic (exact) mass is 253 g/mol. The molecule has 1 rings (SSSR count). The van der Waals surface area contributed by atoms with Gasteiger partial charge in [0.2, 0.25) is 0 Å². The fraction of sp³-hybridized carbons (Fsp3) is 0.692. The summed E-state index contributed by atoms with van der Waals surface area (Å²) in [5.74, 6) is 3.09. The molecule has 0 aromatic carbocycles. The maximum atomic E-state index is 4.64. The second-order valence-corrected chi connectivity index (χ2v) is 5.05. The molecule has 0 aliphatic carbocycles. The van der Waals surface area contributed by atoms with E-state index in [0.29, 0.717) is 0 Å². The summed E-state index contributed by atoms with van der Waals surface area (Å²) in [7, 11) is 0. The molecule has 1 aromatic heterocycles. The fourth-order valence-corrected chi connectivity index (χ4v) is 2.33. The Bertz CT molecular complexity index is 328. The molecule has 0 unspecified atom stereocenters. The SMILES string of the molecule is CCCSCc1ncc(CNCC)c(CC)n1. The zero-order chi connectivity index (χ0) is 12.5. The van der Waals surface area contributed by atoms with Crippen molar-refractivity contribution in [2.24, 2.45) is 0 Å². The molecular weight excluding hydrogens is 230 g/mol. The smallest absolute Gasteiger partial charge is 0.138 e. The Morgan fingerprint density at radius 2 is 2.12 bits per heavy atom. The van der Waals surface area contributed by atoms with E-state index >= 15 is 0 Å². The van der Waals surface area contributed by atoms with Crippen molar-refractivity contribution in [3.05, 3.63) is 23.3 Å². The van der Waals surface area contributed by atoms with Crippen LogP contribution in [0.3, 0.4) is 0 Å². The van der Waals surface area contributed by atoms with Crippen molar-refractivity contribution < 1.29 is 0 Å². The Hall–Kier alpha value is -0.610. The normalized spacial score (nSPS) is 10.8. The Morgan fingerprint density at radius 1 is 1.29 bits per heavy atom. The number of rotatable bonds is 8. The zero-order valence-electron chi connectivity index (χ0n) is 11.1. The molecule has 0 aliphatic heterocycles. The molecule has 0 amide bonds. The van der Waals surface area contributed by atoms with Crippen molar-refractivity contribution in [3.63, 3.8) is 0 Å². The van der Waals surface area contributed by atoms with Gasteiger partial charge in [-0.2, -0.15) is 11.8 Å². The Morgan fingerprint density at radius 3 is 2.76 bits per heavy atom. The second kappa shape index (κ2) is 8.48. The van der Waals surface area contributed by atoms with Crippen molar-refractivity contribution in [2.45, 2.75) is 45.9 Å². The van der Waals surface area contributed by atoms with Crippen LogP contribution in [0.4, 0.5) is 0 Å². The number of aryl methyl sites for hydroxylation is 1. The lowest BCUT2D eigenvalue weighted by molar-refractivity contribution is 0.708. The van der Waals surface area contributed by atoms with Gasteiger partial charge in [0.05, 0.1) is 5.75 Å². The van der Waals surface area contributed by atoms with Crippen LogP contribution in [0.15, 0.2) is 6.20 Å². The highest BCUT2D eigenvalue weighted by molar-refractivity contribution is 7.98. The highest BCUT2D eigenvalue weighted by atomic mass is 32.2. The Balaban J connectivity index is 2.63. The Labute approximate surface area is 109 Å². The van der Waals surface area contributed by atoms with E-state index in [9.17, 15) is 0 Å². The highest BCUT2D eigenvalue weighted by Gasteiger charge is 2.05. The number of nitrogens with zero attached hydrogens (tertiary/aromatic N) is 2. The number of hydrogen-bond acceptors (Lipinski definition) is 4. The number of aromatic nitrogens is 2. The molecule has 0 spiro atoms. The van der Waals surface area contributed by atoms with E-state index in [0.717, 1.165) is 31.1 Å². The molecule has 0 bridgehead atoms. The molecule has 96 valence electrons. The van der Waals surface area contributed by atoms with Crippen LogP contribution in [-0.2, 0) is 18.7 Å². The van der Waals surface area contributed by atoms with E-state index < -0.39 is 0 Å². The molecule has 0 radical (unpaired) electrons. The number of nitrogens with one attached hydrogen (secondary N) is 1. The molecule has 1 aromatic rings. The minimum Gasteiger partial charge on any atom is -0.313 e. The Kier molecular flexibility index (Phi) is 7.21. The van der Waals surface area contributed by atoms with E-state index in [1.54, 1.807) is 0 Å². The van der Waals surface area contributed by atoms with Gasteiger partial charge in [0.1, 0.15) is 5.82 Å². The third-order valence-electron chi connectivity index (χ3n) is 2.48. The molecule has 0 saturated heterocycles. The van der Waals surface area contributed by atoms with Gasteiger partial charge >= 0.3 is 0 Å². The second-order valence-electron chi connectivity index (χ2n) is 3.94. The molecule has 17 heavy (non-hydrogen) atoms. The van der Waals surface area contributed by atoms with Crippen LogP contribution in [0.25, 0.3) is 0 Å². The largest absolute Gasteiger partial charge is 0.313 e. The first-order valence-electron chi connectivity index (χ1n) is 6.43. The maximum absolute atomic E-state index is 4.64. The van der Waals surface area contributed by atoms with Crippen LogP contribution < -0.4 is 5.32 Å². The van der Waals surface area contributed by atoms with Gasteiger partial charge in [-0.05, 0) is 25.1 Å². The molecule has 0 atom stereocenters. The van der Waals surface area contributed by atoms with Crippen LogP contribution in [0.5, 0.6) is 0 Å². The van der Waals surface area contributed by atoms with Crippen molar-refractivity contribution in [3.8, 4) is 0 Å². The molecule has 4 heteroatoms. The molecule has 0 aliphatic rings. The van der Waals surface area contributed by atoms with Crippen LogP contribution in [-0.4, -0.2) is 22.3 Å². The van der Waals surface area contributed by atoms with Gasteiger partial charge in [0, 0.05) is 24.0 Å². The fourth-order valence-electron chi connectivity index (χ4n) is 1.57. The van der Waals surface area contributed by atoms with Crippen LogP contribution >= 0.6 is 11.8 Å². The number of hydrogen-bond donors (Lipinski definition) is 1. The van der Waals surface area contributed by atoms with Crippen LogP contribution in [0, 0.1) is 0 Å². The van der Waals surface area contributed by atoms with E-state index in [1.807, 2.05) is 18.0 Å². The van der Waals surface area contributed by atoms with Gasteiger partial charge in [-0.15, -0.1) is 0 Å². The quantitative estimate of drug-likeness (QED) is 0.723. The zero-order valence-corrected chi connectivity index (χ0v) is 11.9. The number of thioether (sulfide) groups is 1. The van der Waals surface area contributed by atoms with Gasteiger partial charge in [0.15, 0.2) is 0 Å². The lowest BCUT2D eigenvalue weighted by Crippen LogP contribution is -2.15. The van der Waals surface area contributed by atoms with Gasteiger partial charge in [-0.25, -0.2) is 9.97 Å². The van der Waals surface area contributed by atoms with Crippen LogP contribution in [0.2, 0.25) is 0 Å². The van der Waals surface area contributed by atoms with Gasteiger partial charge in [-0.1, -0.05) is 20.8 Å². The van der Waals surface area contributed by atoms with Crippen molar-refractivity contribution in [1.29, 1.82) is 0 Å². The molecule has 0 saturated carbocycles. The topological polar surface area (TPSA) is 37.8 Å². The van der Waals surface area contributed by atoms with Crippen molar-refractivity contribution in [2.75, 3.05) is 12.3 Å². The van der Waals surface area contributed by atoms with Crippen molar-refractivity contribution in [1.82, 2.24) is 15.3 Å². The predicted octanol–water partition coefficient (Wildman–Crippen LogP) is 2.79. The summed E-state index contributed by atoms with van der Waals surface area (Å²) >= 11 is 1.91. The summed E-state index contributed by atoms with van der Waals surface area (Å²) in [6, 6.07) is 0. The van der Waals surface area contributed by atoms with E-state index in [1.165, 1.54) is 23.4 Å². The van der Waals surface area contributed by atoms with Crippen molar-refractivity contribution >= 4 is 11.8 Å². The summed E-state index contributed by atoms with van der Waals surface area (Å²) < 4.78 is 0. The van der Waals surface area contributed by atoms with Gasteiger partial charge < -0.3 is 5.32 Å². The van der Waals surface area contributed by atoms with Gasteiger partial charge in [0.25, 0.3) is 0 Å². The minimum absolute atomic E-state index is 0.877. The van der Waals surface area contributed by atoms with E-state index in [4.69, 9.17) is 0 Å². The lowest BCUT2D eigenvalue weighted by atomic mass is 10.2. The highest BCUT2D eigenvalue weighted by Crippen LogP contribution is 2.12. The minimum atomic E-state index is 0.877.